The van der Waals surface area contributed by atoms with Crippen molar-refractivity contribution in [3.63, 3.8) is 0 Å². The van der Waals surface area contributed by atoms with Gasteiger partial charge in [0.15, 0.2) is 0 Å². The standard InChI is InChI=1S/C17H21BrN2O/c1-10(2)21-16-8-14(19)7-15(9-16)20-17-11(3)5-13(18)6-12(17)4/h5-10,20H,19H2,1-4H3. The van der Waals surface area contributed by atoms with Crippen molar-refractivity contribution in [1.82, 2.24) is 0 Å². The Hall–Kier alpha value is -1.68. The van der Waals surface area contributed by atoms with Crippen LogP contribution in [0.2, 0.25) is 0 Å². The van der Waals surface area contributed by atoms with E-state index in [1.165, 1.54) is 11.1 Å². The smallest absolute Gasteiger partial charge is 0.123 e. The third kappa shape index (κ3) is 4.14. The van der Waals surface area contributed by atoms with Gasteiger partial charge in [0.05, 0.1) is 6.10 Å². The fourth-order valence-corrected chi connectivity index (χ4v) is 2.97. The third-order valence-electron chi connectivity index (χ3n) is 3.07. The minimum absolute atomic E-state index is 0.121. The second kappa shape index (κ2) is 6.39. The molecule has 21 heavy (non-hydrogen) atoms. The van der Waals surface area contributed by atoms with Crippen LogP contribution < -0.4 is 15.8 Å². The van der Waals surface area contributed by atoms with Crippen molar-refractivity contribution in [2.75, 3.05) is 11.1 Å². The van der Waals surface area contributed by atoms with E-state index < -0.39 is 0 Å². The first-order chi connectivity index (χ1) is 9.85. The minimum Gasteiger partial charge on any atom is -0.491 e. The molecule has 0 saturated carbocycles. The number of anilines is 3. The minimum atomic E-state index is 0.121. The van der Waals surface area contributed by atoms with Crippen molar-refractivity contribution in [3.05, 3.63) is 45.9 Å². The lowest BCUT2D eigenvalue weighted by Gasteiger charge is -2.16. The van der Waals surface area contributed by atoms with Gasteiger partial charge in [0.25, 0.3) is 0 Å². The number of nitrogen functional groups attached to an aromatic ring is 1. The maximum atomic E-state index is 5.96. The zero-order valence-corrected chi connectivity index (χ0v) is 14.4. The van der Waals surface area contributed by atoms with Crippen molar-refractivity contribution in [2.45, 2.75) is 33.8 Å². The number of rotatable bonds is 4. The topological polar surface area (TPSA) is 47.3 Å². The van der Waals surface area contributed by atoms with Crippen LogP contribution in [0.5, 0.6) is 5.75 Å². The summed E-state index contributed by atoms with van der Waals surface area (Å²) in [6.45, 7) is 8.16. The lowest BCUT2D eigenvalue weighted by molar-refractivity contribution is 0.242. The molecule has 0 heterocycles. The normalized spacial score (nSPS) is 10.8. The van der Waals surface area contributed by atoms with Crippen LogP contribution in [0.3, 0.4) is 0 Å². The van der Waals surface area contributed by atoms with Crippen molar-refractivity contribution in [3.8, 4) is 5.75 Å². The summed E-state index contributed by atoms with van der Waals surface area (Å²) in [4.78, 5) is 0. The maximum absolute atomic E-state index is 5.96. The van der Waals surface area contributed by atoms with Gasteiger partial charge in [-0.15, -0.1) is 0 Å². The quantitative estimate of drug-likeness (QED) is 0.748. The van der Waals surface area contributed by atoms with E-state index >= 15 is 0 Å². The van der Waals surface area contributed by atoms with E-state index in [1.54, 1.807) is 0 Å². The van der Waals surface area contributed by atoms with Crippen LogP contribution in [0, 0.1) is 13.8 Å². The van der Waals surface area contributed by atoms with Crippen LogP contribution in [0.15, 0.2) is 34.8 Å². The Morgan fingerprint density at radius 2 is 1.67 bits per heavy atom. The number of aryl methyl sites for hydroxylation is 2. The summed E-state index contributed by atoms with van der Waals surface area (Å²) in [5.74, 6) is 0.778. The molecule has 0 atom stereocenters. The van der Waals surface area contributed by atoms with Gasteiger partial charge < -0.3 is 15.8 Å². The lowest BCUT2D eigenvalue weighted by atomic mass is 10.1. The molecule has 0 fully saturated rings. The van der Waals surface area contributed by atoms with Crippen LogP contribution in [0.4, 0.5) is 17.1 Å². The van der Waals surface area contributed by atoms with Gasteiger partial charge in [-0.05, 0) is 57.0 Å². The summed E-state index contributed by atoms with van der Waals surface area (Å²) < 4.78 is 6.81. The van der Waals surface area contributed by atoms with Gasteiger partial charge in [-0.3, -0.25) is 0 Å². The largest absolute Gasteiger partial charge is 0.491 e. The summed E-state index contributed by atoms with van der Waals surface area (Å²) in [5.41, 5.74) is 11.0. The first kappa shape index (κ1) is 15.7. The molecule has 0 aliphatic carbocycles. The molecular formula is C17H21BrN2O. The average molecular weight is 349 g/mol. The van der Waals surface area contributed by atoms with E-state index in [2.05, 4.69) is 47.2 Å². The van der Waals surface area contributed by atoms with Crippen LogP contribution in [0.1, 0.15) is 25.0 Å². The second-order valence-electron chi connectivity index (χ2n) is 5.50. The van der Waals surface area contributed by atoms with Gasteiger partial charge in [-0.2, -0.15) is 0 Å². The zero-order chi connectivity index (χ0) is 15.6. The summed E-state index contributed by atoms with van der Waals surface area (Å²) in [6, 6.07) is 9.90. The van der Waals surface area contributed by atoms with E-state index in [4.69, 9.17) is 10.5 Å². The molecule has 2 aromatic rings. The van der Waals surface area contributed by atoms with Gasteiger partial charge in [-0.1, -0.05) is 15.9 Å². The van der Waals surface area contributed by atoms with Gasteiger partial charge in [-0.25, -0.2) is 0 Å². The molecule has 0 aromatic heterocycles. The monoisotopic (exact) mass is 348 g/mol. The fraction of sp³-hybridized carbons (Fsp3) is 0.294. The molecular weight excluding hydrogens is 328 g/mol. The van der Waals surface area contributed by atoms with E-state index in [9.17, 15) is 0 Å². The summed E-state index contributed by atoms with van der Waals surface area (Å²) >= 11 is 3.52. The molecule has 0 unspecified atom stereocenters. The summed E-state index contributed by atoms with van der Waals surface area (Å²) in [5, 5.41) is 3.44. The number of nitrogens with one attached hydrogen (secondary N) is 1. The van der Waals surface area contributed by atoms with Crippen molar-refractivity contribution < 1.29 is 4.74 Å². The van der Waals surface area contributed by atoms with Crippen LogP contribution >= 0.6 is 15.9 Å². The number of hydrogen-bond acceptors (Lipinski definition) is 3. The Kier molecular flexibility index (Phi) is 4.78. The molecule has 0 spiro atoms. The number of nitrogens with two attached hydrogens (primary N) is 1. The second-order valence-corrected chi connectivity index (χ2v) is 6.41. The van der Waals surface area contributed by atoms with Gasteiger partial charge in [0.1, 0.15) is 5.75 Å². The molecule has 4 heteroatoms. The van der Waals surface area contributed by atoms with Crippen LogP contribution in [0.25, 0.3) is 0 Å². The Bertz CT molecular complexity index is 630. The van der Waals surface area contributed by atoms with Gasteiger partial charge in [0.2, 0.25) is 0 Å². The first-order valence-electron chi connectivity index (χ1n) is 6.96. The van der Waals surface area contributed by atoms with E-state index in [-0.39, 0.29) is 6.10 Å². The molecule has 0 radical (unpaired) electrons. The molecule has 0 amide bonds. The van der Waals surface area contributed by atoms with Crippen LogP contribution in [-0.4, -0.2) is 6.10 Å². The predicted octanol–water partition coefficient (Wildman–Crippen LogP) is 5.18. The van der Waals surface area contributed by atoms with Crippen LogP contribution in [-0.2, 0) is 0 Å². The molecule has 0 aliphatic heterocycles. The number of halogens is 1. The zero-order valence-electron chi connectivity index (χ0n) is 12.8. The molecule has 3 nitrogen and oxygen atoms in total. The number of ether oxygens (including phenoxy) is 1. The summed E-state index contributed by atoms with van der Waals surface area (Å²) in [7, 11) is 0. The molecule has 112 valence electrons. The Morgan fingerprint density at radius 1 is 1.05 bits per heavy atom. The molecule has 0 aliphatic rings. The Morgan fingerprint density at radius 3 is 2.24 bits per heavy atom. The highest BCUT2D eigenvalue weighted by Crippen LogP contribution is 2.31. The van der Waals surface area contributed by atoms with E-state index in [0.29, 0.717) is 5.69 Å². The van der Waals surface area contributed by atoms with Gasteiger partial charge in [0, 0.05) is 33.7 Å². The molecule has 0 bridgehead atoms. The highest BCUT2D eigenvalue weighted by molar-refractivity contribution is 9.10. The predicted molar refractivity (Wildman–Crippen MR) is 93.5 cm³/mol. The Balaban J connectivity index is 2.33. The van der Waals surface area contributed by atoms with E-state index in [0.717, 1.165) is 21.6 Å². The third-order valence-corrected chi connectivity index (χ3v) is 3.53. The summed E-state index contributed by atoms with van der Waals surface area (Å²) in [6.07, 6.45) is 0.121. The van der Waals surface area contributed by atoms with Crippen molar-refractivity contribution in [2.24, 2.45) is 0 Å². The molecule has 2 rings (SSSR count). The van der Waals surface area contributed by atoms with Gasteiger partial charge >= 0.3 is 0 Å². The lowest BCUT2D eigenvalue weighted by Crippen LogP contribution is -2.06. The fourth-order valence-electron chi connectivity index (χ4n) is 2.29. The SMILES string of the molecule is Cc1cc(Br)cc(C)c1Nc1cc(N)cc(OC(C)C)c1. The molecule has 2 aromatic carbocycles. The van der Waals surface area contributed by atoms with Crippen molar-refractivity contribution in [1.29, 1.82) is 0 Å². The number of benzene rings is 2. The highest BCUT2D eigenvalue weighted by atomic mass is 79.9. The molecule has 0 saturated heterocycles. The average Bonchev–Trinajstić information content (AvgIpc) is 2.32. The number of hydrogen-bond donors (Lipinski definition) is 2. The Labute approximate surface area is 134 Å². The maximum Gasteiger partial charge on any atom is 0.123 e. The highest BCUT2D eigenvalue weighted by Gasteiger charge is 2.07. The van der Waals surface area contributed by atoms with E-state index in [1.807, 2.05) is 32.0 Å². The molecule has 3 N–H and O–H groups in total. The first-order valence-corrected chi connectivity index (χ1v) is 7.75. The van der Waals surface area contributed by atoms with Crippen molar-refractivity contribution >= 4 is 33.0 Å².